The van der Waals surface area contributed by atoms with Gasteiger partial charge in [0.15, 0.2) is 0 Å². The number of carbonyl (C=O) groups is 1. The zero-order chi connectivity index (χ0) is 15.5. The number of aliphatic hydroxyl groups is 1. The number of rotatable bonds is 6. The van der Waals surface area contributed by atoms with Gasteiger partial charge in [-0.1, -0.05) is 18.2 Å². The smallest absolute Gasteiger partial charge is 0.307 e. The van der Waals surface area contributed by atoms with E-state index in [0.717, 1.165) is 29.6 Å². The van der Waals surface area contributed by atoms with E-state index in [4.69, 9.17) is 5.11 Å². The van der Waals surface area contributed by atoms with Crippen molar-refractivity contribution in [2.75, 3.05) is 19.6 Å². The van der Waals surface area contributed by atoms with Crippen LogP contribution < -0.4 is 0 Å². The van der Waals surface area contributed by atoms with Gasteiger partial charge >= 0.3 is 5.97 Å². The van der Waals surface area contributed by atoms with Gasteiger partial charge in [0.05, 0.1) is 12.5 Å². The molecule has 0 saturated carbocycles. The highest BCUT2D eigenvalue weighted by Gasteiger charge is 2.18. The molecule has 3 rings (SSSR count). The minimum atomic E-state index is -0.833. The molecule has 1 aliphatic rings. The van der Waals surface area contributed by atoms with Crippen molar-refractivity contribution < 1.29 is 15.0 Å². The molecule has 1 fully saturated rings. The summed E-state index contributed by atoms with van der Waals surface area (Å²) < 4.78 is 1.98. The van der Waals surface area contributed by atoms with Gasteiger partial charge in [-0.05, 0) is 37.6 Å². The summed E-state index contributed by atoms with van der Waals surface area (Å²) in [5, 5.41) is 20.3. The predicted octanol–water partition coefficient (Wildman–Crippen LogP) is 1.73. The summed E-state index contributed by atoms with van der Waals surface area (Å²) in [5.41, 5.74) is 1.79. The Kier molecular flexibility index (Phi) is 4.45. The largest absolute Gasteiger partial charge is 0.481 e. The number of nitrogens with zero attached hydrogens (tertiary/aromatic N) is 2. The molecule has 0 aliphatic carbocycles. The van der Waals surface area contributed by atoms with Crippen LogP contribution in [0.3, 0.4) is 0 Å². The van der Waals surface area contributed by atoms with Crippen molar-refractivity contribution in [2.45, 2.75) is 31.9 Å². The van der Waals surface area contributed by atoms with Gasteiger partial charge in [-0.2, -0.15) is 0 Å². The first kappa shape index (κ1) is 15.1. The third-order valence-electron chi connectivity index (χ3n) is 4.29. The molecule has 1 aromatic carbocycles. The van der Waals surface area contributed by atoms with Gasteiger partial charge in [0.2, 0.25) is 0 Å². The van der Waals surface area contributed by atoms with Gasteiger partial charge in [-0.25, -0.2) is 0 Å². The molecule has 2 N–H and O–H groups in total. The minimum Gasteiger partial charge on any atom is -0.481 e. The van der Waals surface area contributed by atoms with Crippen LogP contribution in [0.15, 0.2) is 30.5 Å². The van der Waals surface area contributed by atoms with E-state index in [0.29, 0.717) is 13.1 Å². The molecule has 0 radical (unpaired) electrons. The minimum absolute atomic E-state index is 0.00966. The third kappa shape index (κ3) is 3.31. The van der Waals surface area contributed by atoms with Crippen molar-refractivity contribution >= 4 is 16.9 Å². The molecular formula is C17H22N2O3. The number of benzene rings is 1. The van der Waals surface area contributed by atoms with E-state index >= 15 is 0 Å². The zero-order valence-corrected chi connectivity index (χ0v) is 12.6. The van der Waals surface area contributed by atoms with E-state index in [1.54, 1.807) is 0 Å². The lowest BCUT2D eigenvalue weighted by Gasteiger charge is -2.20. The van der Waals surface area contributed by atoms with Gasteiger partial charge in [-0.15, -0.1) is 0 Å². The number of para-hydroxylation sites is 1. The first-order chi connectivity index (χ1) is 10.6. The number of carboxylic acid groups (broad SMARTS) is 1. The fraction of sp³-hybridized carbons (Fsp3) is 0.471. The average Bonchev–Trinajstić information content (AvgIpc) is 3.08. The molecule has 0 amide bonds. The monoisotopic (exact) mass is 302 g/mol. The van der Waals surface area contributed by atoms with E-state index < -0.39 is 12.1 Å². The summed E-state index contributed by atoms with van der Waals surface area (Å²) in [6.45, 7) is 3.30. The number of aromatic nitrogens is 1. The van der Waals surface area contributed by atoms with Crippen LogP contribution in [0.2, 0.25) is 0 Å². The van der Waals surface area contributed by atoms with E-state index in [1.165, 1.54) is 12.8 Å². The van der Waals surface area contributed by atoms with Crippen molar-refractivity contribution in [1.29, 1.82) is 0 Å². The van der Waals surface area contributed by atoms with Crippen molar-refractivity contribution in [1.82, 2.24) is 9.47 Å². The van der Waals surface area contributed by atoms with Crippen LogP contribution in [0.4, 0.5) is 0 Å². The van der Waals surface area contributed by atoms with Crippen LogP contribution in [0.1, 0.15) is 18.4 Å². The Hall–Kier alpha value is -1.85. The lowest BCUT2D eigenvalue weighted by atomic mass is 10.1. The van der Waals surface area contributed by atoms with Crippen LogP contribution >= 0.6 is 0 Å². The second-order valence-electron chi connectivity index (χ2n) is 6.06. The molecule has 0 spiro atoms. The number of fused-ring (bicyclic) bond motifs is 1. The summed E-state index contributed by atoms with van der Waals surface area (Å²) in [4.78, 5) is 13.3. The fourth-order valence-electron chi connectivity index (χ4n) is 3.33. The quantitative estimate of drug-likeness (QED) is 0.853. The number of carboxylic acids is 1. The highest BCUT2D eigenvalue weighted by atomic mass is 16.4. The van der Waals surface area contributed by atoms with Gasteiger partial charge in [0.25, 0.3) is 0 Å². The number of hydrogen-bond acceptors (Lipinski definition) is 3. The Morgan fingerprint density at radius 3 is 2.64 bits per heavy atom. The molecule has 2 heterocycles. The second-order valence-corrected chi connectivity index (χ2v) is 6.06. The van der Waals surface area contributed by atoms with Crippen LogP contribution in [0, 0.1) is 0 Å². The van der Waals surface area contributed by atoms with E-state index in [-0.39, 0.29) is 6.42 Å². The molecule has 1 unspecified atom stereocenters. The SMILES string of the molecule is O=C(O)Cc1cn(CC(O)CN2CCCC2)c2ccccc12. The van der Waals surface area contributed by atoms with E-state index in [2.05, 4.69) is 4.90 Å². The maximum atomic E-state index is 11.0. The highest BCUT2D eigenvalue weighted by Crippen LogP contribution is 2.22. The molecule has 0 bridgehead atoms. The van der Waals surface area contributed by atoms with Gasteiger partial charge in [0, 0.05) is 30.2 Å². The topological polar surface area (TPSA) is 65.7 Å². The first-order valence-electron chi connectivity index (χ1n) is 7.82. The number of β-amino-alcohol motifs (C(OH)–C–C–N with tert-alkyl or cyclic N) is 1. The zero-order valence-electron chi connectivity index (χ0n) is 12.6. The van der Waals surface area contributed by atoms with Crippen LogP contribution in [-0.4, -0.2) is 51.4 Å². The van der Waals surface area contributed by atoms with Crippen LogP contribution in [0.5, 0.6) is 0 Å². The molecule has 1 aliphatic heterocycles. The molecule has 2 aromatic rings. The second kappa shape index (κ2) is 6.50. The van der Waals surface area contributed by atoms with Crippen molar-refractivity contribution in [2.24, 2.45) is 0 Å². The lowest BCUT2D eigenvalue weighted by molar-refractivity contribution is -0.136. The Morgan fingerprint density at radius 2 is 1.91 bits per heavy atom. The maximum absolute atomic E-state index is 11.0. The molecule has 5 heteroatoms. The molecule has 1 saturated heterocycles. The number of likely N-dealkylation sites (tertiary alicyclic amines) is 1. The summed E-state index contributed by atoms with van der Waals surface area (Å²) in [5.74, 6) is -0.833. The maximum Gasteiger partial charge on any atom is 0.307 e. The molecule has 5 nitrogen and oxygen atoms in total. The van der Waals surface area contributed by atoms with Crippen LogP contribution in [-0.2, 0) is 17.8 Å². The summed E-state index contributed by atoms with van der Waals surface area (Å²) >= 11 is 0. The normalized spacial score (nSPS) is 17.1. The number of hydrogen-bond donors (Lipinski definition) is 2. The molecule has 22 heavy (non-hydrogen) atoms. The molecular weight excluding hydrogens is 280 g/mol. The molecule has 1 atom stereocenters. The third-order valence-corrected chi connectivity index (χ3v) is 4.29. The summed E-state index contributed by atoms with van der Waals surface area (Å²) in [7, 11) is 0. The van der Waals surface area contributed by atoms with Crippen molar-refractivity contribution in [3.05, 3.63) is 36.0 Å². The number of aliphatic hydroxyl groups excluding tert-OH is 1. The Labute approximate surface area is 129 Å². The average molecular weight is 302 g/mol. The Balaban J connectivity index is 1.78. The standard InChI is InChI=1S/C17H22N2O3/c20-14(11-18-7-3-4-8-18)12-19-10-13(9-17(21)22)15-5-1-2-6-16(15)19/h1-2,5-6,10,14,20H,3-4,7-9,11-12H2,(H,21,22). The number of aliphatic carboxylic acids is 1. The van der Waals surface area contributed by atoms with Crippen LogP contribution in [0.25, 0.3) is 10.9 Å². The first-order valence-corrected chi connectivity index (χ1v) is 7.82. The Morgan fingerprint density at radius 1 is 1.18 bits per heavy atom. The van der Waals surface area contributed by atoms with E-state index in [1.807, 2.05) is 35.0 Å². The van der Waals surface area contributed by atoms with E-state index in [9.17, 15) is 9.90 Å². The van der Waals surface area contributed by atoms with Gasteiger partial charge in [-0.3, -0.25) is 4.79 Å². The Bertz CT molecular complexity index is 659. The summed E-state index contributed by atoms with van der Waals surface area (Å²) in [6, 6.07) is 7.77. The van der Waals surface area contributed by atoms with Crippen molar-refractivity contribution in [3.63, 3.8) is 0 Å². The van der Waals surface area contributed by atoms with Gasteiger partial charge < -0.3 is 19.7 Å². The molecule has 118 valence electrons. The van der Waals surface area contributed by atoms with Gasteiger partial charge in [0.1, 0.15) is 0 Å². The lowest BCUT2D eigenvalue weighted by Crippen LogP contribution is -2.32. The predicted molar refractivity (Wildman–Crippen MR) is 85.0 cm³/mol. The fourth-order valence-corrected chi connectivity index (χ4v) is 3.33. The highest BCUT2D eigenvalue weighted by molar-refractivity contribution is 5.87. The molecule has 1 aromatic heterocycles. The van der Waals surface area contributed by atoms with Crippen molar-refractivity contribution in [3.8, 4) is 0 Å². The summed E-state index contributed by atoms with van der Waals surface area (Å²) in [6.07, 6.45) is 3.86.